The molecule has 0 N–H and O–H groups in total. The fourth-order valence-electron chi connectivity index (χ4n) is 1.25. The second kappa shape index (κ2) is 5.55. The van der Waals surface area contributed by atoms with E-state index in [9.17, 15) is 4.79 Å². The zero-order valence-corrected chi connectivity index (χ0v) is 8.69. The Morgan fingerprint density at radius 2 is 2.00 bits per heavy atom. The zero-order valence-electron chi connectivity index (χ0n) is 8.69. The molecule has 1 unspecified atom stereocenters. The van der Waals surface area contributed by atoms with Crippen molar-refractivity contribution >= 4 is 5.78 Å². The van der Waals surface area contributed by atoms with Crippen LogP contribution in [0.3, 0.4) is 0 Å². The molecule has 1 aromatic carbocycles. The Morgan fingerprint density at radius 1 is 1.36 bits per heavy atom. The maximum absolute atomic E-state index is 11.4. The summed E-state index contributed by atoms with van der Waals surface area (Å²) in [4.78, 5) is 11.4. The van der Waals surface area contributed by atoms with Crippen molar-refractivity contribution in [1.29, 1.82) is 0 Å². The van der Waals surface area contributed by atoms with Crippen LogP contribution in [0.5, 0.6) is 0 Å². The quantitative estimate of drug-likeness (QED) is 0.715. The summed E-state index contributed by atoms with van der Waals surface area (Å²) < 4.78 is 4.95. The van der Waals surface area contributed by atoms with Crippen LogP contribution < -0.4 is 0 Å². The molecule has 2 heteroatoms. The molecule has 2 nitrogen and oxygen atoms in total. The number of aryl methyl sites for hydroxylation is 1. The van der Waals surface area contributed by atoms with Crippen molar-refractivity contribution in [2.45, 2.75) is 25.9 Å². The van der Waals surface area contributed by atoms with Gasteiger partial charge in [0, 0.05) is 13.5 Å². The second-order valence-corrected chi connectivity index (χ2v) is 3.33. The highest BCUT2D eigenvalue weighted by atomic mass is 16.5. The normalized spacial score (nSPS) is 12.4. The van der Waals surface area contributed by atoms with Gasteiger partial charge in [0.1, 0.15) is 6.10 Å². The molecule has 0 amide bonds. The summed E-state index contributed by atoms with van der Waals surface area (Å²) in [5.41, 5.74) is 1.20. The number of ketones is 1. The number of hydrogen-bond acceptors (Lipinski definition) is 2. The van der Waals surface area contributed by atoms with Crippen LogP contribution in [0.4, 0.5) is 0 Å². The van der Waals surface area contributed by atoms with Crippen LogP contribution in [0.15, 0.2) is 30.3 Å². The van der Waals surface area contributed by atoms with E-state index >= 15 is 0 Å². The highest BCUT2D eigenvalue weighted by Crippen LogP contribution is 2.05. The Balaban J connectivity index is 2.38. The zero-order chi connectivity index (χ0) is 10.4. The molecule has 0 aliphatic carbocycles. The van der Waals surface area contributed by atoms with E-state index in [1.54, 1.807) is 14.0 Å². The van der Waals surface area contributed by atoms with Crippen molar-refractivity contribution in [2.75, 3.05) is 7.11 Å². The fraction of sp³-hybridized carbons (Fsp3) is 0.417. The van der Waals surface area contributed by atoms with Gasteiger partial charge in [-0.1, -0.05) is 30.3 Å². The van der Waals surface area contributed by atoms with Crippen molar-refractivity contribution in [3.63, 3.8) is 0 Å². The Hall–Kier alpha value is -1.15. The molecule has 0 aliphatic heterocycles. The van der Waals surface area contributed by atoms with Gasteiger partial charge in [0.25, 0.3) is 0 Å². The highest BCUT2D eigenvalue weighted by molar-refractivity contribution is 5.82. The Kier molecular flexibility index (Phi) is 4.33. The SMILES string of the molecule is COC(C)C(=O)CCc1ccccc1. The topological polar surface area (TPSA) is 26.3 Å². The first kappa shape index (κ1) is 10.9. The lowest BCUT2D eigenvalue weighted by Gasteiger charge is -2.07. The van der Waals surface area contributed by atoms with Crippen LogP contribution in [0.2, 0.25) is 0 Å². The maximum Gasteiger partial charge on any atom is 0.161 e. The summed E-state index contributed by atoms with van der Waals surface area (Å²) in [5, 5.41) is 0. The molecule has 1 rings (SSSR count). The fourth-order valence-corrected chi connectivity index (χ4v) is 1.25. The molecule has 76 valence electrons. The minimum Gasteiger partial charge on any atom is -0.374 e. The lowest BCUT2D eigenvalue weighted by atomic mass is 10.1. The lowest BCUT2D eigenvalue weighted by Crippen LogP contribution is -2.19. The Labute approximate surface area is 84.9 Å². The largest absolute Gasteiger partial charge is 0.374 e. The van der Waals surface area contributed by atoms with Crippen molar-refractivity contribution < 1.29 is 9.53 Å². The monoisotopic (exact) mass is 192 g/mol. The molecule has 0 radical (unpaired) electrons. The average molecular weight is 192 g/mol. The summed E-state index contributed by atoms with van der Waals surface area (Å²) in [5.74, 6) is 0.163. The van der Waals surface area contributed by atoms with Gasteiger partial charge in [-0.25, -0.2) is 0 Å². The van der Waals surface area contributed by atoms with Gasteiger partial charge in [-0.05, 0) is 18.9 Å². The number of carbonyl (C=O) groups is 1. The maximum atomic E-state index is 11.4. The molecule has 0 spiro atoms. The smallest absolute Gasteiger partial charge is 0.161 e. The van der Waals surface area contributed by atoms with E-state index in [1.807, 2.05) is 30.3 Å². The summed E-state index contributed by atoms with van der Waals surface area (Å²) >= 11 is 0. The summed E-state index contributed by atoms with van der Waals surface area (Å²) in [6.45, 7) is 1.79. The molecular weight excluding hydrogens is 176 g/mol. The Bertz CT molecular complexity index is 280. The van der Waals surface area contributed by atoms with Gasteiger partial charge in [-0.3, -0.25) is 4.79 Å². The van der Waals surface area contributed by atoms with Crippen molar-refractivity contribution in [2.24, 2.45) is 0 Å². The molecule has 0 fully saturated rings. The van der Waals surface area contributed by atoms with Crippen LogP contribution in [-0.4, -0.2) is 19.0 Å². The van der Waals surface area contributed by atoms with Gasteiger partial charge in [0.2, 0.25) is 0 Å². The van der Waals surface area contributed by atoms with Gasteiger partial charge in [0.05, 0.1) is 0 Å². The first-order valence-corrected chi connectivity index (χ1v) is 4.83. The third-order valence-corrected chi connectivity index (χ3v) is 2.31. The standard InChI is InChI=1S/C12H16O2/c1-10(14-2)12(13)9-8-11-6-4-3-5-7-11/h3-7,10H,8-9H2,1-2H3. The first-order valence-electron chi connectivity index (χ1n) is 4.83. The van der Waals surface area contributed by atoms with Gasteiger partial charge in [-0.2, -0.15) is 0 Å². The molecule has 1 aromatic rings. The third-order valence-electron chi connectivity index (χ3n) is 2.31. The van der Waals surface area contributed by atoms with Crippen LogP contribution >= 0.6 is 0 Å². The van der Waals surface area contributed by atoms with Gasteiger partial charge < -0.3 is 4.74 Å². The molecule has 0 aliphatic rings. The van der Waals surface area contributed by atoms with Gasteiger partial charge >= 0.3 is 0 Å². The number of benzene rings is 1. The van der Waals surface area contributed by atoms with E-state index in [1.165, 1.54) is 5.56 Å². The number of carbonyl (C=O) groups excluding carboxylic acids is 1. The molecule has 0 bridgehead atoms. The van der Waals surface area contributed by atoms with E-state index < -0.39 is 0 Å². The van der Waals surface area contributed by atoms with Gasteiger partial charge in [-0.15, -0.1) is 0 Å². The summed E-state index contributed by atoms with van der Waals surface area (Å²) in [6.07, 6.45) is 1.07. The number of Topliss-reactive ketones (excluding diaryl/α,β-unsaturated/α-hetero) is 1. The van der Waals surface area contributed by atoms with E-state index in [0.717, 1.165) is 6.42 Å². The lowest BCUT2D eigenvalue weighted by molar-refractivity contribution is -0.127. The van der Waals surface area contributed by atoms with E-state index in [2.05, 4.69) is 0 Å². The van der Waals surface area contributed by atoms with Crippen LogP contribution in [0, 0.1) is 0 Å². The van der Waals surface area contributed by atoms with E-state index in [0.29, 0.717) is 6.42 Å². The third kappa shape index (κ3) is 3.30. The van der Waals surface area contributed by atoms with Crippen molar-refractivity contribution in [1.82, 2.24) is 0 Å². The summed E-state index contributed by atoms with van der Waals surface area (Å²) in [6, 6.07) is 10.0. The van der Waals surface area contributed by atoms with Crippen LogP contribution in [-0.2, 0) is 16.0 Å². The number of methoxy groups -OCH3 is 1. The molecule has 1 atom stereocenters. The van der Waals surface area contributed by atoms with Crippen LogP contribution in [0.1, 0.15) is 18.9 Å². The molecule has 14 heavy (non-hydrogen) atoms. The van der Waals surface area contributed by atoms with E-state index in [-0.39, 0.29) is 11.9 Å². The van der Waals surface area contributed by atoms with Gasteiger partial charge in [0.15, 0.2) is 5.78 Å². The Morgan fingerprint density at radius 3 is 2.57 bits per heavy atom. The number of hydrogen-bond donors (Lipinski definition) is 0. The van der Waals surface area contributed by atoms with Crippen LogP contribution in [0.25, 0.3) is 0 Å². The molecular formula is C12H16O2. The molecule has 0 aromatic heterocycles. The predicted octanol–water partition coefficient (Wildman–Crippen LogP) is 2.22. The summed E-state index contributed by atoms with van der Waals surface area (Å²) in [7, 11) is 1.56. The minimum atomic E-state index is -0.279. The second-order valence-electron chi connectivity index (χ2n) is 3.33. The number of rotatable bonds is 5. The van der Waals surface area contributed by atoms with E-state index in [4.69, 9.17) is 4.74 Å². The molecule has 0 saturated heterocycles. The first-order chi connectivity index (χ1) is 6.74. The minimum absolute atomic E-state index is 0.163. The highest BCUT2D eigenvalue weighted by Gasteiger charge is 2.10. The average Bonchev–Trinajstić information content (AvgIpc) is 2.26. The molecule has 0 heterocycles. The van der Waals surface area contributed by atoms with Crippen molar-refractivity contribution in [3.05, 3.63) is 35.9 Å². The number of ether oxygens (including phenoxy) is 1. The molecule has 0 saturated carbocycles. The predicted molar refractivity (Wildman–Crippen MR) is 56.2 cm³/mol. The van der Waals surface area contributed by atoms with Crippen molar-refractivity contribution in [3.8, 4) is 0 Å².